The number of nitro groups is 1. The number of carbonyl (C=O) groups excluding carboxylic acids is 1. The van der Waals surface area contributed by atoms with Crippen LogP contribution in [0, 0.1) is 10.1 Å². The fourth-order valence-electron chi connectivity index (χ4n) is 4.94. The van der Waals surface area contributed by atoms with Crippen LogP contribution < -0.4 is 9.47 Å². The molecular weight excluding hydrogens is 560 g/mol. The summed E-state index contributed by atoms with van der Waals surface area (Å²) in [4.78, 5) is 29.8. The second-order valence-electron chi connectivity index (χ2n) is 10.1. The van der Waals surface area contributed by atoms with Gasteiger partial charge in [-0.25, -0.2) is 9.78 Å². The van der Waals surface area contributed by atoms with Gasteiger partial charge in [-0.2, -0.15) is 0 Å². The number of aromatic nitrogens is 1. The summed E-state index contributed by atoms with van der Waals surface area (Å²) in [5, 5.41) is 11.5. The van der Waals surface area contributed by atoms with Crippen LogP contribution in [0.5, 0.6) is 11.6 Å². The van der Waals surface area contributed by atoms with E-state index in [1.165, 1.54) is 12.1 Å². The molecule has 1 aliphatic heterocycles. The van der Waals surface area contributed by atoms with E-state index in [1.807, 2.05) is 91.0 Å². The molecule has 0 amide bonds. The molecule has 0 bridgehead atoms. The Balaban J connectivity index is 1.48. The van der Waals surface area contributed by atoms with Crippen molar-refractivity contribution in [2.24, 2.45) is 0 Å². The molecule has 1 aromatic heterocycles. The zero-order valence-corrected chi connectivity index (χ0v) is 23.7. The van der Waals surface area contributed by atoms with Gasteiger partial charge >= 0.3 is 5.97 Å². The van der Waals surface area contributed by atoms with E-state index in [-0.39, 0.29) is 55.9 Å². The first kappa shape index (κ1) is 28.6. The fourth-order valence-corrected chi connectivity index (χ4v) is 4.94. The predicted molar refractivity (Wildman–Crippen MR) is 162 cm³/mol. The van der Waals surface area contributed by atoms with Gasteiger partial charge in [0.05, 0.1) is 23.8 Å². The zero-order chi connectivity index (χ0) is 30.3. The number of fused-ring (bicyclic) bond motifs is 3. The summed E-state index contributed by atoms with van der Waals surface area (Å²) in [6, 6.07) is 33.0. The van der Waals surface area contributed by atoms with E-state index in [9.17, 15) is 14.9 Å². The number of rotatable bonds is 10. The molecule has 6 rings (SSSR count). The number of hydrogen-bond acceptors (Lipinski definition) is 8. The molecule has 4 aromatic carbocycles. The Morgan fingerprint density at radius 2 is 1.36 bits per heavy atom. The van der Waals surface area contributed by atoms with Crippen LogP contribution in [-0.2, 0) is 42.5 Å². The summed E-state index contributed by atoms with van der Waals surface area (Å²) in [5.74, 6) is -0.408. The molecule has 0 atom stereocenters. The average molecular weight is 589 g/mol. The van der Waals surface area contributed by atoms with Crippen LogP contribution in [0.2, 0.25) is 0 Å². The maximum Gasteiger partial charge on any atom is 0.347 e. The molecule has 9 nitrogen and oxygen atoms in total. The highest BCUT2D eigenvalue weighted by Gasteiger charge is 2.31. The molecule has 0 radical (unpaired) electrons. The predicted octanol–water partition coefficient (Wildman–Crippen LogP) is 7.20. The van der Waals surface area contributed by atoms with Crippen molar-refractivity contribution in [3.63, 3.8) is 0 Å². The third-order valence-corrected chi connectivity index (χ3v) is 7.13. The van der Waals surface area contributed by atoms with Crippen molar-refractivity contribution in [3.05, 3.63) is 153 Å². The molecule has 0 aliphatic carbocycles. The van der Waals surface area contributed by atoms with Gasteiger partial charge in [0.1, 0.15) is 25.6 Å². The lowest BCUT2D eigenvalue weighted by Crippen LogP contribution is -2.15. The van der Waals surface area contributed by atoms with Crippen LogP contribution in [0.15, 0.2) is 109 Å². The maximum atomic E-state index is 13.9. The summed E-state index contributed by atoms with van der Waals surface area (Å²) in [7, 11) is 0. The first-order chi connectivity index (χ1) is 21.6. The largest absolute Gasteiger partial charge is 0.487 e. The standard InChI is InChI=1S/C35H28N2O7/c38-35(44-21-26-14-8-3-9-15-26)31-33(42-19-24-10-4-1-5-11-24)30-23-41-22-27-18-28(37(39)40)16-17-29(27)32(30)36-34(31)43-20-25-12-6-2-7-13-25/h1-18H,19-23H2. The quantitative estimate of drug-likeness (QED) is 0.0957. The van der Waals surface area contributed by atoms with Gasteiger partial charge in [-0.05, 0) is 28.3 Å². The number of pyridine rings is 1. The Hall–Kier alpha value is -5.54. The van der Waals surface area contributed by atoms with Crippen molar-refractivity contribution in [2.45, 2.75) is 33.0 Å². The minimum atomic E-state index is -0.663. The van der Waals surface area contributed by atoms with Crippen molar-refractivity contribution in [1.29, 1.82) is 0 Å². The molecule has 220 valence electrons. The zero-order valence-electron chi connectivity index (χ0n) is 23.7. The molecular formula is C35H28N2O7. The molecule has 0 N–H and O–H groups in total. The molecule has 9 heteroatoms. The average Bonchev–Trinajstić information content (AvgIpc) is 3.25. The van der Waals surface area contributed by atoms with E-state index >= 15 is 0 Å². The highest BCUT2D eigenvalue weighted by atomic mass is 16.6. The third kappa shape index (κ3) is 6.43. The minimum Gasteiger partial charge on any atom is -0.487 e. The van der Waals surface area contributed by atoms with Gasteiger partial charge in [0.2, 0.25) is 5.88 Å². The molecule has 0 saturated carbocycles. The van der Waals surface area contributed by atoms with Crippen molar-refractivity contribution in [2.75, 3.05) is 0 Å². The van der Waals surface area contributed by atoms with Crippen LogP contribution in [0.25, 0.3) is 11.3 Å². The van der Waals surface area contributed by atoms with Crippen molar-refractivity contribution >= 4 is 11.7 Å². The van der Waals surface area contributed by atoms with E-state index in [0.717, 1.165) is 16.7 Å². The summed E-state index contributed by atoms with van der Waals surface area (Å²) < 4.78 is 24.4. The SMILES string of the molecule is O=C(OCc1ccccc1)c1c(OCc2ccccc2)nc2c(c1OCc1ccccc1)COCc1cc([N+](=O)[O-])ccc1-2. The lowest BCUT2D eigenvalue weighted by molar-refractivity contribution is -0.384. The number of non-ortho nitro benzene ring substituents is 1. The van der Waals surface area contributed by atoms with E-state index < -0.39 is 10.9 Å². The first-order valence-electron chi connectivity index (χ1n) is 14.0. The summed E-state index contributed by atoms with van der Waals surface area (Å²) in [6.45, 7) is 0.483. The van der Waals surface area contributed by atoms with E-state index in [0.29, 0.717) is 22.4 Å². The van der Waals surface area contributed by atoms with Crippen LogP contribution in [0.1, 0.15) is 38.2 Å². The summed E-state index contributed by atoms with van der Waals surface area (Å²) in [6.07, 6.45) is 0. The normalized spacial score (nSPS) is 11.9. The Bertz CT molecular complexity index is 1780. The number of nitro benzene ring substituents is 1. The molecule has 0 fully saturated rings. The van der Waals surface area contributed by atoms with Crippen LogP contribution in [0.4, 0.5) is 5.69 Å². The lowest BCUT2D eigenvalue weighted by atomic mass is 9.99. The smallest absolute Gasteiger partial charge is 0.347 e. The van der Waals surface area contributed by atoms with Crippen LogP contribution >= 0.6 is 0 Å². The van der Waals surface area contributed by atoms with E-state index in [4.69, 9.17) is 23.9 Å². The molecule has 1 aliphatic rings. The van der Waals surface area contributed by atoms with Gasteiger partial charge in [-0.15, -0.1) is 0 Å². The molecule has 44 heavy (non-hydrogen) atoms. The highest BCUT2D eigenvalue weighted by Crippen LogP contribution is 2.42. The number of hydrogen-bond donors (Lipinski definition) is 0. The lowest BCUT2D eigenvalue weighted by Gasteiger charge is -2.20. The minimum absolute atomic E-state index is 0.0277. The highest BCUT2D eigenvalue weighted by molar-refractivity contribution is 5.97. The second kappa shape index (κ2) is 13.2. The Morgan fingerprint density at radius 1 is 0.773 bits per heavy atom. The summed E-state index contributed by atoms with van der Waals surface area (Å²) >= 11 is 0. The summed E-state index contributed by atoms with van der Waals surface area (Å²) in [5.41, 5.74) is 4.76. The van der Waals surface area contributed by atoms with Crippen molar-refractivity contribution in [3.8, 4) is 22.9 Å². The number of benzene rings is 4. The molecule has 0 saturated heterocycles. The number of nitrogens with zero attached hydrogens (tertiary/aromatic N) is 2. The van der Waals surface area contributed by atoms with Crippen LogP contribution in [0.3, 0.4) is 0 Å². The van der Waals surface area contributed by atoms with E-state index in [1.54, 1.807) is 6.07 Å². The van der Waals surface area contributed by atoms with Crippen molar-refractivity contribution in [1.82, 2.24) is 4.98 Å². The monoisotopic (exact) mass is 588 g/mol. The second-order valence-corrected chi connectivity index (χ2v) is 10.1. The number of carbonyl (C=O) groups is 1. The van der Waals surface area contributed by atoms with Gasteiger partial charge in [0.15, 0.2) is 5.56 Å². The van der Waals surface area contributed by atoms with E-state index in [2.05, 4.69) is 0 Å². The first-order valence-corrected chi connectivity index (χ1v) is 14.0. The molecule has 0 spiro atoms. The Morgan fingerprint density at radius 3 is 1.98 bits per heavy atom. The van der Waals surface area contributed by atoms with Gasteiger partial charge in [0.25, 0.3) is 5.69 Å². The third-order valence-electron chi connectivity index (χ3n) is 7.13. The maximum absolute atomic E-state index is 13.9. The van der Waals surface area contributed by atoms with Gasteiger partial charge in [-0.3, -0.25) is 10.1 Å². The van der Waals surface area contributed by atoms with Gasteiger partial charge < -0.3 is 18.9 Å². The Kier molecular flexibility index (Phi) is 8.56. The van der Waals surface area contributed by atoms with Gasteiger partial charge in [0, 0.05) is 23.3 Å². The number of ether oxygens (including phenoxy) is 4. The van der Waals surface area contributed by atoms with Gasteiger partial charge in [-0.1, -0.05) is 91.0 Å². The molecule has 0 unspecified atom stereocenters. The van der Waals surface area contributed by atoms with Crippen LogP contribution in [-0.4, -0.2) is 15.9 Å². The fraction of sp³-hybridized carbons (Fsp3) is 0.143. The number of esters is 1. The molecule has 5 aromatic rings. The van der Waals surface area contributed by atoms with Crippen molar-refractivity contribution < 1.29 is 28.7 Å². The Labute approximate surface area is 253 Å². The topological polar surface area (TPSA) is 110 Å². The molecule has 2 heterocycles.